The van der Waals surface area contributed by atoms with Crippen LogP contribution in [-0.2, 0) is 0 Å². The van der Waals surface area contributed by atoms with E-state index in [9.17, 15) is 4.39 Å². The highest BCUT2D eigenvalue weighted by Crippen LogP contribution is 2.30. The number of ether oxygens (including phenoxy) is 1. The van der Waals surface area contributed by atoms with E-state index in [2.05, 4.69) is 0 Å². The van der Waals surface area contributed by atoms with Crippen molar-refractivity contribution in [1.29, 1.82) is 0 Å². The quantitative estimate of drug-likeness (QED) is 0.898. The molecule has 0 aromatic heterocycles. The van der Waals surface area contributed by atoms with E-state index in [1.807, 2.05) is 19.1 Å². The summed E-state index contributed by atoms with van der Waals surface area (Å²) in [5, 5.41) is 0.242. The Balaban J connectivity index is 2.18. The topological polar surface area (TPSA) is 35.2 Å². The summed E-state index contributed by atoms with van der Waals surface area (Å²) in [6, 6.07) is 11.4. The van der Waals surface area contributed by atoms with Gasteiger partial charge in [0.15, 0.2) is 0 Å². The molecule has 0 saturated heterocycles. The number of rotatable bonds is 3. The predicted molar refractivity (Wildman–Crippen MR) is 70.5 cm³/mol. The molecule has 0 heterocycles. The van der Waals surface area contributed by atoms with E-state index in [0.29, 0.717) is 11.5 Å². The van der Waals surface area contributed by atoms with Gasteiger partial charge in [-0.3, -0.25) is 0 Å². The fourth-order valence-corrected chi connectivity index (χ4v) is 1.73. The van der Waals surface area contributed by atoms with Crippen molar-refractivity contribution in [3.8, 4) is 11.5 Å². The molecule has 0 aliphatic rings. The van der Waals surface area contributed by atoms with Crippen LogP contribution in [0, 0.1) is 5.82 Å². The molecule has 2 aromatic rings. The zero-order chi connectivity index (χ0) is 13.1. The molecule has 0 aliphatic carbocycles. The smallest absolute Gasteiger partial charge is 0.146 e. The first-order chi connectivity index (χ1) is 8.56. The molecule has 2 N–H and O–H groups in total. The third-order valence-electron chi connectivity index (χ3n) is 2.53. The minimum atomic E-state index is -0.389. The van der Waals surface area contributed by atoms with Crippen molar-refractivity contribution in [2.45, 2.75) is 13.0 Å². The third kappa shape index (κ3) is 3.00. The maximum Gasteiger partial charge on any atom is 0.146 e. The fourth-order valence-electron chi connectivity index (χ4n) is 1.52. The van der Waals surface area contributed by atoms with Gasteiger partial charge < -0.3 is 10.5 Å². The number of hydrogen-bond acceptors (Lipinski definition) is 2. The number of nitrogens with two attached hydrogens (primary N) is 1. The average molecular weight is 266 g/mol. The molecule has 1 atom stereocenters. The highest BCUT2D eigenvalue weighted by atomic mass is 35.5. The molecule has 0 aliphatic heterocycles. The normalized spacial score (nSPS) is 12.2. The average Bonchev–Trinajstić information content (AvgIpc) is 2.33. The predicted octanol–water partition coefficient (Wildman–Crippen LogP) is 4.29. The zero-order valence-corrected chi connectivity index (χ0v) is 10.6. The highest BCUT2D eigenvalue weighted by Gasteiger charge is 2.05. The first-order valence-corrected chi connectivity index (χ1v) is 5.92. The molecule has 0 amide bonds. The van der Waals surface area contributed by atoms with Gasteiger partial charge in [0.25, 0.3) is 0 Å². The summed E-state index contributed by atoms with van der Waals surface area (Å²) in [6.07, 6.45) is 0. The van der Waals surface area contributed by atoms with Crippen molar-refractivity contribution in [2.24, 2.45) is 5.73 Å². The summed E-state index contributed by atoms with van der Waals surface area (Å²) in [5.41, 5.74) is 6.77. The molecule has 2 aromatic carbocycles. The summed E-state index contributed by atoms with van der Waals surface area (Å²) >= 11 is 5.88. The molecule has 0 fully saturated rings. The van der Waals surface area contributed by atoms with Crippen LogP contribution in [0.1, 0.15) is 18.5 Å². The van der Waals surface area contributed by atoms with Gasteiger partial charge in [-0.2, -0.15) is 0 Å². The van der Waals surface area contributed by atoms with Crippen LogP contribution in [0.15, 0.2) is 42.5 Å². The second kappa shape index (κ2) is 5.38. The van der Waals surface area contributed by atoms with Crippen molar-refractivity contribution in [1.82, 2.24) is 0 Å². The number of hydrogen-bond donors (Lipinski definition) is 1. The summed E-state index contributed by atoms with van der Waals surface area (Å²) in [7, 11) is 0. The van der Waals surface area contributed by atoms with E-state index in [1.54, 1.807) is 12.1 Å². The second-order valence-electron chi connectivity index (χ2n) is 4.03. The largest absolute Gasteiger partial charge is 0.456 e. The van der Waals surface area contributed by atoms with E-state index < -0.39 is 0 Å². The second-order valence-corrected chi connectivity index (χ2v) is 4.44. The minimum absolute atomic E-state index is 0.0199. The highest BCUT2D eigenvalue weighted by molar-refractivity contribution is 6.32. The molecule has 0 saturated carbocycles. The lowest BCUT2D eigenvalue weighted by atomic mass is 10.1. The standard InChI is InChI=1S/C14H13ClFNO/c1-9(17)10-2-5-12(6-3-10)18-14-7-4-11(16)8-13(14)15/h2-9H,17H2,1H3. The van der Waals surface area contributed by atoms with Gasteiger partial charge in [0.2, 0.25) is 0 Å². The summed E-state index contributed by atoms with van der Waals surface area (Å²) in [6.45, 7) is 1.91. The Morgan fingerprint density at radius 1 is 1.17 bits per heavy atom. The summed E-state index contributed by atoms with van der Waals surface area (Å²) in [5.74, 6) is 0.666. The van der Waals surface area contributed by atoms with Gasteiger partial charge in [0.1, 0.15) is 17.3 Å². The van der Waals surface area contributed by atoms with Gasteiger partial charge in [-0.15, -0.1) is 0 Å². The third-order valence-corrected chi connectivity index (χ3v) is 2.82. The van der Waals surface area contributed by atoms with E-state index in [-0.39, 0.29) is 16.9 Å². The van der Waals surface area contributed by atoms with Gasteiger partial charge >= 0.3 is 0 Å². The molecule has 0 bridgehead atoms. The Hall–Kier alpha value is -1.58. The molecular weight excluding hydrogens is 253 g/mol. The zero-order valence-electron chi connectivity index (χ0n) is 9.86. The van der Waals surface area contributed by atoms with Crippen LogP contribution in [0.2, 0.25) is 5.02 Å². The van der Waals surface area contributed by atoms with E-state index in [1.165, 1.54) is 18.2 Å². The molecule has 4 heteroatoms. The Bertz CT molecular complexity index is 540. The summed E-state index contributed by atoms with van der Waals surface area (Å²) < 4.78 is 18.4. The van der Waals surface area contributed by atoms with Crippen LogP contribution >= 0.6 is 11.6 Å². The molecule has 94 valence electrons. The molecule has 0 radical (unpaired) electrons. The Labute approximate surface area is 110 Å². The van der Waals surface area contributed by atoms with Gasteiger partial charge in [-0.25, -0.2) is 4.39 Å². The van der Waals surface area contributed by atoms with Crippen LogP contribution in [0.25, 0.3) is 0 Å². The first-order valence-electron chi connectivity index (χ1n) is 5.54. The van der Waals surface area contributed by atoms with Crippen molar-refractivity contribution >= 4 is 11.6 Å². The Morgan fingerprint density at radius 2 is 1.83 bits per heavy atom. The molecule has 18 heavy (non-hydrogen) atoms. The molecule has 2 rings (SSSR count). The molecule has 2 nitrogen and oxygen atoms in total. The summed E-state index contributed by atoms with van der Waals surface area (Å²) in [4.78, 5) is 0. The lowest BCUT2D eigenvalue weighted by Crippen LogP contribution is -2.04. The first kappa shape index (κ1) is 12.9. The molecule has 1 unspecified atom stereocenters. The van der Waals surface area contributed by atoms with E-state index >= 15 is 0 Å². The van der Waals surface area contributed by atoms with Crippen molar-refractivity contribution < 1.29 is 9.13 Å². The van der Waals surface area contributed by atoms with Gasteiger partial charge in [0.05, 0.1) is 5.02 Å². The van der Waals surface area contributed by atoms with Crippen molar-refractivity contribution in [2.75, 3.05) is 0 Å². The van der Waals surface area contributed by atoms with Crippen LogP contribution < -0.4 is 10.5 Å². The number of halogens is 2. The maximum atomic E-state index is 12.9. The maximum absolute atomic E-state index is 12.9. The fraction of sp³-hybridized carbons (Fsp3) is 0.143. The Kier molecular flexibility index (Phi) is 3.84. The molecular formula is C14H13ClFNO. The van der Waals surface area contributed by atoms with Crippen molar-refractivity contribution in [3.63, 3.8) is 0 Å². The van der Waals surface area contributed by atoms with Gasteiger partial charge in [0, 0.05) is 6.04 Å². The number of benzene rings is 2. The molecule has 0 spiro atoms. The van der Waals surface area contributed by atoms with Crippen LogP contribution in [0.5, 0.6) is 11.5 Å². The lowest BCUT2D eigenvalue weighted by molar-refractivity contribution is 0.480. The van der Waals surface area contributed by atoms with Crippen LogP contribution in [0.4, 0.5) is 4.39 Å². The monoisotopic (exact) mass is 265 g/mol. The van der Waals surface area contributed by atoms with E-state index in [0.717, 1.165) is 5.56 Å². The minimum Gasteiger partial charge on any atom is -0.456 e. The van der Waals surface area contributed by atoms with Crippen LogP contribution in [-0.4, -0.2) is 0 Å². The van der Waals surface area contributed by atoms with Gasteiger partial charge in [-0.1, -0.05) is 23.7 Å². The van der Waals surface area contributed by atoms with Crippen LogP contribution in [0.3, 0.4) is 0 Å². The lowest BCUT2D eigenvalue weighted by Gasteiger charge is -2.09. The van der Waals surface area contributed by atoms with Gasteiger partial charge in [-0.05, 0) is 42.8 Å². The Morgan fingerprint density at radius 3 is 2.39 bits per heavy atom. The SMILES string of the molecule is CC(N)c1ccc(Oc2ccc(F)cc2Cl)cc1. The van der Waals surface area contributed by atoms with E-state index in [4.69, 9.17) is 22.1 Å². The van der Waals surface area contributed by atoms with Crippen molar-refractivity contribution in [3.05, 3.63) is 58.9 Å².